The summed E-state index contributed by atoms with van der Waals surface area (Å²) < 4.78 is 0. The molecule has 1 aromatic rings. The van der Waals surface area contributed by atoms with Crippen LogP contribution < -0.4 is 0 Å². The summed E-state index contributed by atoms with van der Waals surface area (Å²) in [4.78, 5) is 1.87. The van der Waals surface area contributed by atoms with Crippen molar-refractivity contribution < 1.29 is 21.0 Å². The summed E-state index contributed by atoms with van der Waals surface area (Å²) in [6.45, 7) is 0. The molecule has 5 N–H and O–H groups in total. The molecule has 0 saturated carbocycles. The van der Waals surface area contributed by atoms with Crippen LogP contribution >= 0.6 is 0 Å². The third-order valence-corrected chi connectivity index (χ3v) is 1.27. The Balaban J connectivity index is -0.0000000340. The van der Waals surface area contributed by atoms with Gasteiger partial charge in [-0.15, -0.1) is 4.81 Å². The highest BCUT2D eigenvalue weighted by Gasteiger charge is 2.07. The molecule has 0 spiro atoms. The Morgan fingerprint density at radius 2 is 1.11 bits per heavy atom. The fraction of sp³-hybridized carbons (Fsp3) is 0.308. The van der Waals surface area contributed by atoms with Crippen molar-refractivity contribution in [2.24, 2.45) is 4.99 Å². The van der Waals surface area contributed by atoms with E-state index in [4.69, 9.17) is 5.21 Å². The Bertz CT molecular complexity index is 260. The second-order valence-electron chi connectivity index (χ2n) is 2.39. The normalized spacial score (nSPS) is 16.3. The molecule has 0 fully saturated rings. The van der Waals surface area contributed by atoms with Crippen molar-refractivity contribution in [1.29, 1.82) is 0 Å². The first-order valence-corrected chi connectivity index (χ1v) is 3.75. The molecule has 0 bridgehead atoms. The molecular formula is C13H30N2O4. The maximum absolute atomic E-state index is 10.2. The van der Waals surface area contributed by atoms with E-state index < -0.39 is 4.81 Å². The Morgan fingerprint density at radius 1 is 0.789 bits per heavy atom. The monoisotopic (exact) mass is 278 g/mol. The van der Waals surface area contributed by atoms with Crippen LogP contribution in [0.2, 0.25) is 0 Å². The first kappa shape index (κ1) is 36.0. The summed E-state index contributed by atoms with van der Waals surface area (Å²) in [6.07, 6.45) is 3.13. The zero-order valence-electron chi connectivity index (χ0n) is 7.95. The smallest absolute Gasteiger partial charge is 0.228 e. The van der Waals surface area contributed by atoms with Gasteiger partial charge in [-0.05, 0) is 0 Å². The highest BCUT2D eigenvalue weighted by Crippen LogP contribution is 2.00. The van der Waals surface area contributed by atoms with Crippen LogP contribution in [0.4, 0.5) is 0 Å². The standard InChI is InChI=1S/C6H6.C3H4N2O2.4CH4.2H2O/c1-2-4-6-5-3-1;6-5(7)2-1-4-3-5;;;;;;/h1-6H;1-3,6H;4*1H4;2*1H2. The molecule has 1 aliphatic rings. The largest absolute Gasteiger partial charge is 0.588 e. The lowest BCUT2D eigenvalue weighted by molar-refractivity contribution is -0.939. The summed E-state index contributed by atoms with van der Waals surface area (Å²) >= 11 is 0. The van der Waals surface area contributed by atoms with Crippen LogP contribution in [0.25, 0.3) is 0 Å². The minimum Gasteiger partial charge on any atom is -0.588 e. The third kappa shape index (κ3) is 19.0. The Hall–Kier alpha value is -1.57. The highest BCUT2D eigenvalue weighted by atomic mass is 16.8. The van der Waals surface area contributed by atoms with Crippen molar-refractivity contribution in [2.45, 2.75) is 29.7 Å². The molecule has 0 saturated heterocycles. The van der Waals surface area contributed by atoms with Gasteiger partial charge in [-0.1, -0.05) is 66.1 Å². The van der Waals surface area contributed by atoms with E-state index in [0.29, 0.717) is 0 Å². The number of nitrogens with zero attached hydrogens (tertiary/aromatic N) is 2. The van der Waals surface area contributed by atoms with E-state index >= 15 is 0 Å². The number of hydrogen-bond acceptors (Lipinski definition) is 3. The SMILES string of the molecule is C.C.C.C.O.O.[O-][N+]1(O)C=CN=C1.c1ccccc1. The molecule has 116 valence electrons. The van der Waals surface area contributed by atoms with E-state index in [9.17, 15) is 5.21 Å². The predicted molar refractivity (Wildman–Crippen MR) is 83.6 cm³/mol. The van der Waals surface area contributed by atoms with Crippen molar-refractivity contribution in [2.75, 3.05) is 0 Å². The lowest BCUT2D eigenvalue weighted by atomic mass is 10.4. The number of hydrogen-bond donors (Lipinski definition) is 1. The van der Waals surface area contributed by atoms with E-state index in [-0.39, 0.29) is 40.7 Å². The lowest BCUT2D eigenvalue weighted by Crippen LogP contribution is -2.26. The van der Waals surface area contributed by atoms with Crippen LogP contribution in [0.5, 0.6) is 0 Å². The molecule has 1 heterocycles. The topological polar surface area (TPSA) is 119 Å². The van der Waals surface area contributed by atoms with E-state index in [2.05, 4.69) is 4.99 Å². The van der Waals surface area contributed by atoms with Gasteiger partial charge in [0.25, 0.3) is 0 Å². The van der Waals surface area contributed by atoms with Crippen molar-refractivity contribution in [3.8, 4) is 0 Å². The van der Waals surface area contributed by atoms with Gasteiger partial charge in [0.05, 0.1) is 6.20 Å². The van der Waals surface area contributed by atoms with Crippen LogP contribution in [0.3, 0.4) is 0 Å². The van der Waals surface area contributed by atoms with Crippen LogP contribution in [0.15, 0.2) is 53.8 Å². The van der Waals surface area contributed by atoms with Gasteiger partial charge in [0, 0.05) is 0 Å². The molecule has 1 atom stereocenters. The minimum absolute atomic E-state index is 0. The second-order valence-corrected chi connectivity index (χ2v) is 2.39. The Kier molecular flexibility index (Phi) is 35.6. The zero-order chi connectivity index (χ0) is 9.57. The molecule has 6 heteroatoms. The van der Waals surface area contributed by atoms with Crippen LogP contribution in [0.1, 0.15) is 29.7 Å². The van der Waals surface area contributed by atoms with Crippen LogP contribution in [0, 0.1) is 5.21 Å². The van der Waals surface area contributed by atoms with Gasteiger partial charge in [-0.25, -0.2) is 10.2 Å². The third-order valence-electron chi connectivity index (χ3n) is 1.27. The van der Waals surface area contributed by atoms with Crippen LogP contribution in [-0.4, -0.2) is 27.3 Å². The summed E-state index contributed by atoms with van der Waals surface area (Å²) in [5.41, 5.74) is 0. The molecule has 6 nitrogen and oxygen atoms in total. The fourth-order valence-corrected chi connectivity index (χ4v) is 0.691. The van der Waals surface area contributed by atoms with E-state index in [0.717, 1.165) is 12.5 Å². The Morgan fingerprint density at radius 3 is 1.21 bits per heavy atom. The zero-order valence-corrected chi connectivity index (χ0v) is 7.95. The summed E-state index contributed by atoms with van der Waals surface area (Å²) in [6, 6.07) is 12.0. The van der Waals surface area contributed by atoms with Gasteiger partial charge in [0.1, 0.15) is 0 Å². The highest BCUT2D eigenvalue weighted by molar-refractivity contribution is 5.49. The van der Waals surface area contributed by atoms with Crippen molar-refractivity contribution in [3.05, 3.63) is 54.0 Å². The van der Waals surface area contributed by atoms with E-state index in [1.807, 2.05) is 36.4 Å². The molecule has 1 aromatic carbocycles. The Labute approximate surface area is 117 Å². The quantitative estimate of drug-likeness (QED) is 0.580. The average Bonchev–Trinajstić information content (AvgIpc) is 2.54. The van der Waals surface area contributed by atoms with E-state index in [1.54, 1.807) is 0 Å². The maximum atomic E-state index is 10.2. The number of hydroxylamine groups is 4. The minimum atomic E-state index is -1.47. The fourth-order valence-electron chi connectivity index (χ4n) is 0.691. The first-order chi connectivity index (χ1) is 6.21. The van der Waals surface area contributed by atoms with Crippen molar-refractivity contribution in [3.63, 3.8) is 0 Å². The summed E-state index contributed by atoms with van der Waals surface area (Å²) in [7, 11) is 0. The summed E-state index contributed by atoms with van der Waals surface area (Å²) in [5.74, 6) is 0. The molecule has 1 unspecified atom stereocenters. The van der Waals surface area contributed by atoms with Gasteiger partial charge < -0.3 is 16.2 Å². The molecule has 0 amide bonds. The maximum Gasteiger partial charge on any atom is 0.228 e. The number of rotatable bonds is 0. The molecule has 0 aliphatic carbocycles. The van der Waals surface area contributed by atoms with Gasteiger partial charge in [0.15, 0.2) is 6.20 Å². The lowest BCUT2D eigenvalue weighted by Gasteiger charge is -2.18. The molecule has 2 rings (SSSR count). The van der Waals surface area contributed by atoms with Crippen LogP contribution in [-0.2, 0) is 0 Å². The number of quaternary nitrogens is 1. The van der Waals surface area contributed by atoms with Crippen molar-refractivity contribution >= 4 is 6.34 Å². The molecule has 0 aromatic heterocycles. The molecule has 0 radical (unpaired) electrons. The van der Waals surface area contributed by atoms with Gasteiger partial charge >= 0.3 is 0 Å². The second kappa shape index (κ2) is 18.8. The average molecular weight is 278 g/mol. The van der Waals surface area contributed by atoms with Gasteiger partial charge in [-0.3, -0.25) is 0 Å². The van der Waals surface area contributed by atoms with Gasteiger partial charge in [-0.2, -0.15) is 0 Å². The first-order valence-electron chi connectivity index (χ1n) is 3.75. The summed E-state index contributed by atoms with van der Waals surface area (Å²) in [5, 5.41) is 18.5. The van der Waals surface area contributed by atoms with Crippen molar-refractivity contribution in [1.82, 2.24) is 0 Å². The predicted octanol–water partition coefficient (Wildman–Crippen LogP) is 2.78. The number of benzene rings is 1. The molecule has 19 heavy (non-hydrogen) atoms. The van der Waals surface area contributed by atoms with E-state index in [1.165, 1.54) is 6.20 Å². The van der Waals surface area contributed by atoms with Gasteiger partial charge in [0.2, 0.25) is 6.34 Å². The molecule has 1 aliphatic heterocycles. The number of aliphatic imine (C=N–C) groups is 1. The molecular weight excluding hydrogens is 248 g/mol.